The summed E-state index contributed by atoms with van der Waals surface area (Å²) >= 11 is 0. The van der Waals surface area contributed by atoms with Crippen LogP contribution in [-0.4, -0.2) is 10.5 Å². The van der Waals surface area contributed by atoms with E-state index in [-0.39, 0.29) is 18.3 Å². The number of rotatable bonds is 5. The van der Waals surface area contributed by atoms with E-state index in [1.807, 2.05) is 24.3 Å². The molecule has 0 fully saturated rings. The molecule has 1 amide bonds. The number of hydrogen-bond acceptors (Lipinski definition) is 2. The number of aromatic nitrogens is 1. The summed E-state index contributed by atoms with van der Waals surface area (Å²) < 4.78 is 14.7. The van der Waals surface area contributed by atoms with Gasteiger partial charge in [-0.1, -0.05) is 31.2 Å². The van der Waals surface area contributed by atoms with Crippen LogP contribution in [0.3, 0.4) is 0 Å². The number of nitriles is 1. The quantitative estimate of drug-likeness (QED) is 0.759. The lowest BCUT2D eigenvalue weighted by molar-refractivity contribution is 0.0944. The van der Waals surface area contributed by atoms with Gasteiger partial charge < -0.3 is 9.88 Å². The van der Waals surface area contributed by atoms with E-state index in [4.69, 9.17) is 0 Å². The predicted octanol–water partition coefficient (Wildman–Crippen LogP) is 3.98. The van der Waals surface area contributed by atoms with Crippen molar-refractivity contribution in [3.05, 3.63) is 89.0 Å². The van der Waals surface area contributed by atoms with Gasteiger partial charge in [0.05, 0.1) is 5.56 Å². The Kier molecular flexibility index (Phi) is 5.14. The molecule has 3 rings (SSSR count). The first-order valence-electron chi connectivity index (χ1n) is 8.35. The van der Waals surface area contributed by atoms with Crippen LogP contribution in [0.2, 0.25) is 0 Å². The standard InChI is InChI=1S/C21H18FN3O/c1-2-15-5-9-19(10-6-15)25-12-11-17(13-23)20(25)21(26)24-14-16-3-7-18(22)8-4-16/h3-12H,2,14H2,1H3,(H,24,26). The Morgan fingerprint density at radius 1 is 1.08 bits per heavy atom. The maximum absolute atomic E-state index is 13.0. The Balaban J connectivity index is 1.85. The zero-order valence-electron chi connectivity index (χ0n) is 14.4. The largest absolute Gasteiger partial charge is 0.347 e. The molecule has 0 spiro atoms. The molecule has 2 aromatic carbocycles. The molecule has 1 N–H and O–H groups in total. The van der Waals surface area contributed by atoms with Crippen molar-refractivity contribution in [1.29, 1.82) is 5.26 Å². The number of aryl methyl sites for hydroxylation is 1. The van der Waals surface area contributed by atoms with Gasteiger partial charge in [-0.05, 0) is 47.9 Å². The molecule has 0 atom stereocenters. The molecule has 26 heavy (non-hydrogen) atoms. The van der Waals surface area contributed by atoms with E-state index < -0.39 is 0 Å². The number of carbonyl (C=O) groups excluding carboxylic acids is 1. The number of halogens is 1. The summed E-state index contributed by atoms with van der Waals surface area (Å²) in [7, 11) is 0. The summed E-state index contributed by atoms with van der Waals surface area (Å²) in [5.41, 5.74) is 3.39. The van der Waals surface area contributed by atoms with Gasteiger partial charge in [-0.2, -0.15) is 5.26 Å². The Bertz CT molecular complexity index is 950. The maximum Gasteiger partial charge on any atom is 0.269 e. The third-order valence-electron chi connectivity index (χ3n) is 4.21. The molecule has 130 valence electrons. The minimum atomic E-state index is -0.351. The Morgan fingerprint density at radius 2 is 1.73 bits per heavy atom. The first-order chi connectivity index (χ1) is 12.6. The molecular weight excluding hydrogens is 329 g/mol. The van der Waals surface area contributed by atoms with E-state index >= 15 is 0 Å². The second kappa shape index (κ2) is 7.66. The number of benzene rings is 2. The molecule has 4 nitrogen and oxygen atoms in total. The van der Waals surface area contributed by atoms with Crippen LogP contribution in [0.5, 0.6) is 0 Å². The van der Waals surface area contributed by atoms with E-state index in [0.29, 0.717) is 11.3 Å². The highest BCUT2D eigenvalue weighted by molar-refractivity contribution is 5.95. The van der Waals surface area contributed by atoms with E-state index in [1.165, 1.54) is 17.7 Å². The van der Waals surface area contributed by atoms with Crippen LogP contribution < -0.4 is 5.32 Å². The molecule has 0 saturated carbocycles. The summed E-state index contributed by atoms with van der Waals surface area (Å²) in [6, 6.07) is 17.5. The van der Waals surface area contributed by atoms with Crippen molar-refractivity contribution in [3.8, 4) is 11.8 Å². The molecule has 5 heteroatoms. The van der Waals surface area contributed by atoms with Crippen LogP contribution in [0.1, 0.15) is 34.1 Å². The third-order valence-corrected chi connectivity index (χ3v) is 4.21. The molecule has 0 radical (unpaired) electrons. The number of amides is 1. The van der Waals surface area contributed by atoms with Crippen LogP contribution in [0, 0.1) is 17.1 Å². The summed E-state index contributed by atoms with van der Waals surface area (Å²) in [5.74, 6) is -0.674. The zero-order chi connectivity index (χ0) is 18.5. The van der Waals surface area contributed by atoms with Gasteiger partial charge in [0.1, 0.15) is 17.6 Å². The minimum Gasteiger partial charge on any atom is -0.347 e. The Labute approximate surface area is 151 Å². The van der Waals surface area contributed by atoms with Crippen molar-refractivity contribution in [3.63, 3.8) is 0 Å². The zero-order valence-corrected chi connectivity index (χ0v) is 14.4. The van der Waals surface area contributed by atoms with Gasteiger partial charge in [-0.3, -0.25) is 4.79 Å². The van der Waals surface area contributed by atoms with E-state index in [0.717, 1.165) is 17.7 Å². The summed E-state index contributed by atoms with van der Waals surface area (Å²) in [5, 5.41) is 12.1. The van der Waals surface area contributed by atoms with Crippen LogP contribution in [0.25, 0.3) is 5.69 Å². The topological polar surface area (TPSA) is 57.8 Å². The highest BCUT2D eigenvalue weighted by Gasteiger charge is 2.18. The summed E-state index contributed by atoms with van der Waals surface area (Å²) in [6.45, 7) is 2.33. The molecule has 0 unspecified atom stereocenters. The highest BCUT2D eigenvalue weighted by Crippen LogP contribution is 2.18. The highest BCUT2D eigenvalue weighted by atomic mass is 19.1. The van der Waals surface area contributed by atoms with Crippen molar-refractivity contribution in [2.24, 2.45) is 0 Å². The number of nitrogens with zero attached hydrogens (tertiary/aromatic N) is 2. The summed E-state index contributed by atoms with van der Waals surface area (Å²) in [4.78, 5) is 12.7. The Hall–Kier alpha value is -3.39. The number of nitrogens with one attached hydrogen (secondary N) is 1. The molecule has 1 aromatic heterocycles. The predicted molar refractivity (Wildman–Crippen MR) is 97.4 cm³/mol. The smallest absolute Gasteiger partial charge is 0.269 e. The second-order valence-corrected chi connectivity index (χ2v) is 5.89. The van der Waals surface area contributed by atoms with Gasteiger partial charge in [0.25, 0.3) is 5.91 Å². The average molecular weight is 347 g/mol. The van der Waals surface area contributed by atoms with E-state index in [2.05, 4.69) is 18.3 Å². The molecule has 3 aromatic rings. The fourth-order valence-corrected chi connectivity index (χ4v) is 2.73. The van der Waals surface area contributed by atoms with Crippen molar-refractivity contribution < 1.29 is 9.18 Å². The van der Waals surface area contributed by atoms with Crippen LogP contribution in [-0.2, 0) is 13.0 Å². The van der Waals surface area contributed by atoms with E-state index in [9.17, 15) is 14.4 Å². The number of carbonyl (C=O) groups is 1. The molecule has 0 aliphatic rings. The fraction of sp³-hybridized carbons (Fsp3) is 0.143. The number of hydrogen-bond donors (Lipinski definition) is 1. The lowest BCUT2D eigenvalue weighted by atomic mass is 10.1. The van der Waals surface area contributed by atoms with Crippen LogP contribution in [0.4, 0.5) is 4.39 Å². The first-order valence-corrected chi connectivity index (χ1v) is 8.35. The van der Waals surface area contributed by atoms with Crippen LogP contribution in [0.15, 0.2) is 60.8 Å². The van der Waals surface area contributed by atoms with Crippen molar-refractivity contribution in [2.45, 2.75) is 19.9 Å². The van der Waals surface area contributed by atoms with Gasteiger partial charge in [0, 0.05) is 18.4 Å². The van der Waals surface area contributed by atoms with Gasteiger partial charge in [0.2, 0.25) is 0 Å². The second-order valence-electron chi connectivity index (χ2n) is 5.89. The van der Waals surface area contributed by atoms with Gasteiger partial charge >= 0.3 is 0 Å². The average Bonchev–Trinajstić information content (AvgIpc) is 3.11. The maximum atomic E-state index is 13.0. The first kappa shape index (κ1) is 17.4. The van der Waals surface area contributed by atoms with Crippen molar-refractivity contribution in [2.75, 3.05) is 0 Å². The molecule has 1 heterocycles. The monoisotopic (exact) mass is 347 g/mol. The SMILES string of the molecule is CCc1ccc(-n2ccc(C#N)c2C(=O)NCc2ccc(F)cc2)cc1. The molecular formula is C21H18FN3O. The molecule has 0 aliphatic heterocycles. The third kappa shape index (κ3) is 3.65. The molecule has 0 aliphatic carbocycles. The van der Waals surface area contributed by atoms with Gasteiger partial charge in [-0.15, -0.1) is 0 Å². The molecule has 0 bridgehead atoms. The Morgan fingerprint density at radius 3 is 2.35 bits per heavy atom. The van der Waals surface area contributed by atoms with Crippen molar-refractivity contribution >= 4 is 5.91 Å². The van der Waals surface area contributed by atoms with Crippen molar-refractivity contribution in [1.82, 2.24) is 9.88 Å². The normalized spacial score (nSPS) is 10.3. The minimum absolute atomic E-state index is 0.254. The van der Waals surface area contributed by atoms with Crippen LogP contribution >= 0.6 is 0 Å². The lowest BCUT2D eigenvalue weighted by Gasteiger charge is -2.11. The van der Waals surface area contributed by atoms with E-state index in [1.54, 1.807) is 29.0 Å². The summed E-state index contributed by atoms with van der Waals surface area (Å²) in [6.07, 6.45) is 2.65. The fourth-order valence-electron chi connectivity index (χ4n) is 2.73. The van der Waals surface area contributed by atoms with Gasteiger partial charge in [-0.25, -0.2) is 4.39 Å². The molecule has 0 saturated heterocycles. The van der Waals surface area contributed by atoms with Gasteiger partial charge in [0.15, 0.2) is 0 Å². The lowest BCUT2D eigenvalue weighted by Crippen LogP contribution is -2.26.